The number of carbonyl (C=O) groups excluding carboxylic acids is 1. The molecule has 1 aromatic carbocycles. The highest BCUT2D eigenvalue weighted by molar-refractivity contribution is 5.81. The van der Waals surface area contributed by atoms with Gasteiger partial charge in [-0.2, -0.15) is 8.78 Å². The summed E-state index contributed by atoms with van der Waals surface area (Å²) in [4.78, 5) is 14.3. The molecule has 1 aromatic rings. The van der Waals surface area contributed by atoms with Gasteiger partial charge in [-0.05, 0) is 49.9 Å². The first-order valence-corrected chi connectivity index (χ1v) is 8.33. The lowest BCUT2D eigenvalue weighted by atomic mass is 10.0. The zero-order valence-corrected chi connectivity index (χ0v) is 13.4. The number of carbonyl (C=O) groups is 1. The van der Waals surface area contributed by atoms with E-state index in [1.54, 1.807) is 12.1 Å². The minimum absolute atomic E-state index is 0.0277. The number of halogens is 2. The Morgan fingerprint density at radius 2 is 2.04 bits per heavy atom. The summed E-state index contributed by atoms with van der Waals surface area (Å²) in [5, 5.41) is 3.07. The minimum atomic E-state index is -2.82. The number of nitrogens with one attached hydrogen (secondary N) is 1. The number of hydrogen-bond donors (Lipinski definition) is 1. The Kier molecular flexibility index (Phi) is 5.50. The standard InChI is InChI=1S/C17H22F2N2O3/c18-17(19)24-14-7-5-13(6-8-14)21-9-1-3-12(11-21)20-16(22)15-4-2-10-23-15/h5-8,12,15,17H,1-4,9-11H2,(H,20,22)/t12-,15-/m0/s1. The van der Waals surface area contributed by atoms with Crippen molar-refractivity contribution in [2.24, 2.45) is 0 Å². The fraction of sp³-hybridized carbons (Fsp3) is 0.588. The lowest BCUT2D eigenvalue weighted by Crippen LogP contribution is -2.50. The van der Waals surface area contributed by atoms with Crippen LogP contribution in [0.25, 0.3) is 0 Å². The van der Waals surface area contributed by atoms with Crippen LogP contribution in [-0.2, 0) is 9.53 Å². The van der Waals surface area contributed by atoms with E-state index in [0.29, 0.717) is 13.2 Å². The van der Waals surface area contributed by atoms with E-state index >= 15 is 0 Å². The van der Waals surface area contributed by atoms with E-state index < -0.39 is 6.61 Å². The van der Waals surface area contributed by atoms with E-state index in [0.717, 1.165) is 37.9 Å². The van der Waals surface area contributed by atoms with E-state index in [-0.39, 0.29) is 23.8 Å². The molecular formula is C17H22F2N2O3. The fourth-order valence-electron chi connectivity index (χ4n) is 3.25. The zero-order valence-electron chi connectivity index (χ0n) is 13.4. The fourth-order valence-corrected chi connectivity index (χ4v) is 3.25. The van der Waals surface area contributed by atoms with Crippen LogP contribution < -0.4 is 15.0 Å². The Hall–Kier alpha value is -1.89. The van der Waals surface area contributed by atoms with E-state index in [2.05, 4.69) is 15.0 Å². The number of alkyl halides is 2. The summed E-state index contributed by atoms with van der Waals surface area (Å²) in [7, 11) is 0. The molecule has 0 aromatic heterocycles. The first-order chi connectivity index (χ1) is 11.6. The molecule has 132 valence electrons. The van der Waals surface area contributed by atoms with Gasteiger partial charge in [0.25, 0.3) is 0 Å². The number of anilines is 1. The van der Waals surface area contributed by atoms with Gasteiger partial charge in [-0.1, -0.05) is 0 Å². The van der Waals surface area contributed by atoms with E-state index in [1.165, 1.54) is 12.1 Å². The number of amides is 1. The molecule has 2 atom stereocenters. The van der Waals surface area contributed by atoms with Crippen LogP contribution in [0, 0.1) is 0 Å². The Bertz CT molecular complexity index is 547. The summed E-state index contributed by atoms with van der Waals surface area (Å²) >= 11 is 0. The van der Waals surface area contributed by atoms with Crippen molar-refractivity contribution in [3.05, 3.63) is 24.3 Å². The second kappa shape index (κ2) is 7.79. The second-order valence-corrected chi connectivity index (χ2v) is 6.17. The molecule has 0 aliphatic carbocycles. The summed E-state index contributed by atoms with van der Waals surface area (Å²) < 4.78 is 34.2. The topological polar surface area (TPSA) is 50.8 Å². The molecule has 0 spiro atoms. The minimum Gasteiger partial charge on any atom is -0.435 e. The van der Waals surface area contributed by atoms with Crippen molar-refractivity contribution in [1.29, 1.82) is 0 Å². The molecule has 0 unspecified atom stereocenters. The van der Waals surface area contributed by atoms with Crippen LogP contribution >= 0.6 is 0 Å². The number of benzene rings is 1. The van der Waals surface area contributed by atoms with Crippen LogP contribution in [0.2, 0.25) is 0 Å². The second-order valence-electron chi connectivity index (χ2n) is 6.17. The SMILES string of the molecule is O=C(N[C@H]1CCCN(c2ccc(OC(F)F)cc2)C1)[C@@H]1CCCO1. The van der Waals surface area contributed by atoms with Gasteiger partial charge in [-0.15, -0.1) is 0 Å². The van der Waals surface area contributed by atoms with E-state index in [4.69, 9.17) is 4.74 Å². The maximum Gasteiger partial charge on any atom is 0.387 e. The van der Waals surface area contributed by atoms with Crippen LogP contribution in [0.5, 0.6) is 5.75 Å². The Balaban J connectivity index is 1.55. The number of hydrogen-bond acceptors (Lipinski definition) is 4. The van der Waals surface area contributed by atoms with Gasteiger partial charge in [0.05, 0.1) is 0 Å². The van der Waals surface area contributed by atoms with Gasteiger partial charge in [0.1, 0.15) is 11.9 Å². The van der Waals surface area contributed by atoms with Crippen molar-refractivity contribution in [1.82, 2.24) is 5.32 Å². The highest BCUT2D eigenvalue weighted by atomic mass is 19.3. The molecule has 2 fully saturated rings. The molecule has 0 saturated carbocycles. The molecular weight excluding hydrogens is 318 g/mol. The van der Waals surface area contributed by atoms with Gasteiger partial charge >= 0.3 is 6.61 Å². The zero-order chi connectivity index (χ0) is 16.9. The van der Waals surface area contributed by atoms with Crippen molar-refractivity contribution >= 4 is 11.6 Å². The van der Waals surface area contributed by atoms with E-state index in [9.17, 15) is 13.6 Å². The molecule has 0 radical (unpaired) electrons. The summed E-state index contributed by atoms with van der Waals surface area (Å²) in [5.41, 5.74) is 0.938. The third-order valence-electron chi connectivity index (χ3n) is 4.42. The molecule has 24 heavy (non-hydrogen) atoms. The van der Waals surface area contributed by atoms with Gasteiger partial charge in [-0.25, -0.2) is 0 Å². The highest BCUT2D eigenvalue weighted by Crippen LogP contribution is 2.24. The molecule has 7 heteroatoms. The van der Waals surface area contributed by atoms with Crippen molar-refractivity contribution in [3.63, 3.8) is 0 Å². The van der Waals surface area contributed by atoms with Gasteiger partial charge in [0.15, 0.2) is 0 Å². The van der Waals surface area contributed by atoms with Gasteiger partial charge in [-0.3, -0.25) is 4.79 Å². The lowest BCUT2D eigenvalue weighted by molar-refractivity contribution is -0.130. The third kappa shape index (κ3) is 4.35. The van der Waals surface area contributed by atoms with Crippen LogP contribution in [0.4, 0.5) is 14.5 Å². The van der Waals surface area contributed by atoms with E-state index in [1.807, 2.05) is 0 Å². The highest BCUT2D eigenvalue weighted by Gasteiger charge is 2.27. The first-order valence-electron chi connectivity index (χ1n) is 8.33. The van der Waals surface area contributed by atoms with Crippen molar-refractivity contribution in [3.8, 4) is 5.75 Å². The summed E-state index contributed by atoms with van der Waals surface area (Å²) in [6.07, 6.45) is 3.30. The third-order valence-corrected chi connectivity index (χ3v) is 4.42. The number of rotatable bonds is 5. The molecule has 3 rings (SSSR count). The summed E-state index contributed by atoms with van der Waals surface area (Å²) in [6, 6.07) is 6.68. The molecule has 2 aliphatic heterocycles. The maximum absolute atomic E-state index is 12.2. The monoisotopic (exact) mass is 340 g/mol. The number of piperidine rings is 1. The average molecular weight is 340 g/mol. The molecule has 5 nitrogen and oxygen atoms in total. The quantitative estimate of drug-likeness (QED) is 0.895. The average Bonchev–Trinajstić information content (AvgIpc) is 3.10. The molecule has 0 bridgehead atoms. The molecule has 1 amide bonds. The predicted molar refractivity (Wildman–Crippen MR) is 85.4 cm³/mol. The summed E-state index contributed by atoms with van der Waals surface area (Å²) in [6.45, 7) is -0.584. The van der Waals surface area contributed by atoms with Crippen LogP contribution in [-0.4, -0.2) is 44.4 Å². The molecule has 2 saturated heterocycles. The van der Waals surface area contributed by atoms with Crippen LogP contribution in [0.3, 0.4) is 0 Å². The Labute approximate surface area is 139 Å². The largest absolute Gasteiger partial charge is 0.435 e. The predicted octanol–water partition coefficient (Wildman–Crippen LogP) is 2.55. The van der Waals surface area contributed by atoms with Gasteiger partial charge < -0.3 is 19.7 Å². The van der Waals surface area contributed by atoms with Gasteiger partial charge in [0.2, 0.25) is 5.91 Å². The lowest BCUT2D eigenvalue weighted by Gasteiger charge is -2.35. The van der Waals surface area contributed by atoms with Crippen molar-refractivity contribution < 1.29 is 23.0 Å². The first kappa shape index (κ1) is 17.0. The Morgan fingerprint density at radius 3 is 2.71 bits per heavy atom. The maximum atomic E-state index is 12.2. The molecule has 2 aliphatic rings. The Morgan fingerprint density at radius 1 is 1.25 bits per heavy atom. The molecule has 2 heterocycles. The van der Waals surface area contributed by atoms with Gasteiger partial charge in [0, 0.05) is 31.4 Å². The number of nitrogens with zero attached hydrogens (tertiary/aromatic N) is 1. The van der Waals surface area contributed by atoms with Crippen LogP contribution in [0.15, 0.2) is 24.3 Å². The smallest absolute Gasteiger partial charge is 0.387 e. The van der Waals surface area contributed by atoms with Crippen LogP contribution in [0.1, 0.15) is 25.7 Å². The summed E-state index contributed by atoms with van der Waals surface area (Å²) in [5.74, 6) is 0.119. The molecule has 1 N–H and O–H groups in total. The van der Waals surface area contributed by atoms with Crippen molar-refractivity contribution in [2.75, 3.05) is 24.6 Å². The number of ether oxygens (including phenoxy) is 2. The normalized spacial score (nSPS) is 24.2. The van der Waals surface area contributed by atoms with Crippen molar-refractivity contribution in [2.45, 2.75) is 44.4 Å².